The van der Waals surface area contributed by atoms with Crippen LogP contribution in [0.3, 0.4) is 0 Å². The minimum Gasteiger partial charge on any atom is -0.301 e. The van der Waals surface area contributed by atoms with Crippen molar-refractivity contribution in [1.29, 1.82) is 0 Å². The fraction of sp³-hybridized carbons (Fsp3) is 0.900. The second-order valence-electron chi connectivity index (χ2n) is 6.85. The summed E-state index contributed by atoms with van der Waals surface area (Å²) < 4.78 is 0. The number of ketones is 1. The first-order chi connectivity index (χ1) is 11.7. The van der Waals surface area contributed by atoms with E-state index in [1.54, 1.807) is 0 Å². The second-order valence-corrected chi connectivity index (χ2v) is 6.85. The maximum absolute atomic E-state index is 11.6. The van der Waals surface area contributed by atoms with Gasteiger partial charge in [0.25, 0.3) is 0 Å². The smallest absolute Gasteiger partial charge is 0.301 e. The van der Waals surface area contributed by atoms with Crippen LogP contribution in [0, 0.1) is 0 Å². The minimum atomic E-state index is -0.663. The number of hydrogen-bond donors (Lipinski definition) is 1. The number of carbonyl (C=O) groups is 2. The van der Waals surface area contributed by atoms with E-state index in [9.17, 15) is 9.59 Å². The number of unbranched alkanes of at least 4 members (excludes halogenated alkanes) is 12. The van der Waals surface area contributed by atoms with Gasteiger partial charge in [-0.3, -0.25) is 4.79 Å². The topological polar surface area (TPSA) is 63.6 Å². The van der Waals surface area contributed by atoms with Gasteiger partial charge in [-0.15, -0.1) is 0 Å². The molecule has 0 unspecified atom stereocenters. The molecule has 0 saturated heterocycles. The summed E-state index contributed by atoms with van der Waals surface area (Å²) >= 11 is 0. The molecular weight excluding hydrogens is 304 g/mol. The van der Waals surface area contributed by atoms with Gasteiger partial charge in [0.1, 0.15) is 5.78 Å². The molecule has 0 aliphatic heterocycles. The van der Waals surface area contributed by atoms with Crippen molar-refractivity contribution in [1.82, 2.24) is 0 Å². The van der Waals surface area contributed by atoms with Gasteiger partial charge in [0.2, 0.25) is 0 Å². The van der Waals surface area contributed by atoms with Gasteiger partial charge in [-0.05, 0) is 12.8 Å². The maximum Gasteiger partial charge on any atom is 0.342 e. The van der Waals surface area contributed by atoms with Crippen LogP contribution in [0.2, 0.25) is 0 Å². The van der Waals surface area contributed by atoms with Crippen molar-refractivity contribution in [3.8, 4) is 0 Å². The summed E-state index contributed by atoms with van der Waals surface area (Å²) in [4.78, 5) is 25.9. The fourth-order valence-corrected chi connectivity index (χ4v) is 2.94. The summed E-state index contributed by atoms with van der Waals surface area (Å²) in [6.45, 7) is 2.26. The molecule has 4 heteroatoms. The van der Waals surface area contributed by atoms with Crippen LogP contribution in [0.15, 0.2) is 0 Å². The molecule has 0 radical (unpaired) electrons. The van der Waals surface area contributed by atoms with E-state index in [0.29, 0.717) is 19.3 Å². The molecule has 0 aliphatic carbocycles. The monoisotopic (exact) mass is 342 g/mol. The van der Waals surface area contributed by atoms with Gasteiger partial charge in [-0.2, -0.15) is 5.26 Å². The quantitative estimate of drug-likeness (QED) is 0.182. The first-order valence-corrected chi connectivity index (χ1v) is 10.1. The Kier molecular flexibility index (Phi) is 17.7. The van der Waals surface area contributed by atoms with E-state index in [1.165, 1.54) is 70.6 Å². The molecular formula is C20H38O4. The molecule has 0 atom stereocenters. The van der Waals surface area contributed by atoms with Crippen molar-refractivity contribution < 1.29 is 19.7 Å². The van der Waals surface area contributed by atoms with Gasteiger partial charge in [0, 0.05) is 19.3 Å². The van der Waals surface area contributed by atoms with Gasteiger partial charge in [0.15, 0.2) is 0 Å². The average Bonchev–Trinajstić information content (AvgIpc) is 2.58. The van der Waals surface area contributed by atoms with Crippen LogP contribution in [-0.2, 0) is 14.5 Å². The van der Waals surface area contributed by atoms with Crippen molar-refractivity contribution in [2.24, 2.45) is 0 Å². The van der Waals surface area contributed by atoms with Crippen LogP contribution in [0.5, 0.6) is 0 Å². The summed E-state index contributed by atoms with van der Waals surface area (Å²) in [6.07, 6.45) is 18.6. The Hall–Kier alpha value is -0.900. The normalized spacial score (nSPS) is 10.8. The molecule has 0 bridgehead atoms. The van der Waals surface area contributed by atoms with Gasteiger partial charge in [-0.1, -0.05) is 84.0 Å². The lowest BCUT2D eigenvalue weighted by atomic mass is 10.0. The Labute approximate surface area is 148 Å². The van der Waals surface area contributed by atoms with E-state index < -0.39 is 5.97 Å². The summed E-state index contributed by atoms with van der Waals surface area (Å²) in [6, 6.07) is 0. The number of rotatable bonds is 18. The number of Topliss-reactive ketones (excluding diaryl/α,β-unsaturated/α-hetero) is 1. The molecule has 0 rings (SSSR count). The second kappa shape index (κ2) is 18.4. The first-order valence-electron chi connectivity index (χ1n) is 10.1. The van der Waals surface area contributed by atoms with Crippen molar-refractivity contribution in [2.45, 2.75) is 116 Å². The van der Waals surface area contributed by atoms with Crippen LogP contribution < -0.4 is 0 Å². The van der Waals surface area contributed by atoms with Crippen LogP contribution in [-0.4, -0.2) is 17.0 Å². The van der Waals surface area contributed by atoms with Gasteiger partial charge >= 0.3 is 5.97 Å². The third kappa shape index (κ3) is 17.5. The van der Waals surface area contributed by atoms with Crippen molar-refractivity contribution >= 4 is 11.8 Å². The van der Waals surface area contributed by atoms with E-state index >= 15 is 0 Å². The Morgan fingerprint density at radius 1 is 0.625 bits per heavy atom. The summed E-state index contributed by atoms with van der Waals surface area (Å²) in [5.74, 6) is -0.451. The fourth-order valence-electron chi connectivity index (χ4n) is 2.94. The predicted molar refractivity (Wildman–Crippen MR) is 97.9 cm³/mol. The number of hydrogen-bond acceptors (Lipinski definition) is 4. The van der Waals surface area contributed by atoms with Crippen LogP contribution in [0.1, 0.15) is 116 Å². The Balaban J connectivity index is 3.16. The van der Waals surface area contributed by atoms with E-state index in [1.807, 2.05) is 0 Å². The molecule has 24 heavy (non-hydrogen) atoms. The average molecular weight is 343 g/mol. The lowest BCUT2D eigenvalue weighted by molar-refractivity contribution is -0.234. The Morgan fingerprint density at radius 3 is 1.50 bits per heavy atom. The largest absolute Gasteiger partial charge is 0.342 e. The molecule has 0 aromatic heterocycles. The molecule has 0 heterocycles. The van der Waals surface area contributed by atoms with E-state index in [2.05, 4.69) is 11.8 Å². The zero-order valence-electron chi connectivity index (χ0n) is 15.7. The minimum absolute atomic E-state index is 0.112. The molecule has 0 aromatic rings. The standard InChI is InChI=1S/C20H38O4/c1-2-3-4-5-6-7-8-9-10-11-12-13-14-16-19(21)17-15-18-20(22)24-23/h23H,2-18H2,1H3. The molecule has 0 aromatic carbocycles. The van der Waals surface area contributed by atoms with E-state index in [4.69, 9.17) is 5.26 Å². The SMILES string of the molecule is CCCCCCCCCCCCCCCC(=O)CCCC(=O)OO. The summed E-state index contributed by atoms with van der Waals surface area (Å²) in [7, 11) is 0. The maximum atomic E-state index is 11.6. The summed E-state index contributed by atoms with van der Waals surface area (Å²) in [5.41, 5.74) is 0. The lowest BCUT2D eigenvalue weighted by Gasteiger charge is -2.03. The van der Waals surface area contributed by atoms with Crippen molar-refractivity contribution in [3.05, 3.63) is 0 Å². The lowest BCUT2D eigenvalue weighted by Crippen LogP contribution is -2.03. The van der Waals surface area contributed by atoms with Gasteiger partial charge in [-0.25, -0.2) is 4.79 Å². The third-order valence-corrected chi connectivity index (χ3v) is 4.50. The molecule has 0 fully saturated rings. The molecule has 0 spiro atoms. The number of carbonyl (C=O) groups excluding carboxylic acids is 2. The van der Waals surface area contributed by atoms with E-state index in [-0.39, 0.29) is 12.2 Å². The molecule has 0 saturated carbocycles. The molecule has 142 valence electrons. The van der Waals surface area contributed by atoms with Crippen molar-refractivity contribution in [3.63, 3.8) is 0 Å². The molecule has 0 aliphatic rings. The molecule has 0 amide bonds. The zero-order chi connectivity index (χ0) is 17.9. The van der Waals surface area contributed by atoms with Gasteiger partial charge in [0.05, 0.1) is 0 Å². The molecule has 1 N–H and O–H groups in total. The van der Waals surface area contributed by atoms with Crippen LogP contribution in [0.4, 0.5) is 0 Å². The highest BCUT2D eigenvalue weighted by Gasteiger charge is 2.06. The highest BCUT2D eigenvalue weighted by molar-refractivity contribution is 5.79. The van der Waals surface area contributed by atoms with Crippen LogP contribution >= 0.6 is 0 Å². The molecule has 4 nitrogen and oxygen atoms in total. The highest BCUT2D eigenvalue weighted by Crippen LogP contribution is 2.13. The Bertz CT molecular complexity index is 302. The van der Waals surface area contributed by atoms with Crippen LogP contribution in [0.25, 0.3) is 0 Å². The summed E-state index contributed by atoms with van der Waals surface area (Å²) in [5, 5.41) is 8.10. The van der Waals surface area contributed by atoms with E-state index in [0.717, 1.165) is 12.8 Å². The third-order valence-electron chi connectivity index (χ3n) is 4.50. The first kappa shape index (κ1) is 23.1. The predicted octanol–water partition coefficient (Wildman–Crippen LogP) is 6.22. The Morgan fingerprint density at radius 2 is 1.04 bits per heavy atom. The van der Waals surface area contributed by atoms with Gasteiger partial charge < -0.3 is 4.89 Å². The highest BCUT2D eigenvalue weighted by atomic mass is 17.1. The van der Waals surface area contributed by atoms with Crippen molar-refractivity contribution in [2.75, 3.05) is 0 Å². The zero-order valence-corrected chi connectivity index (χ0v) is 15.7.